The number of hydrogen-bond acceptors (Lipinski definition) is 4. The largest absolute Gasteiger partial charge is 0.494 e. The Morgan fingerprint density at radius 3 is 2.20 bits per heavy atom. The zero-order valence-corrected chi connectivity index (χ0v) is 18.0. The van der Waals surface area contributed by atoms with Gasteiger partial charge in [0.15, 0.2) is 0 Å². The number of rotatable bonds is 13. The fraction of sp³-hybridized carbons (Fsp3) is 0.417. The van der Waals surface area contributed by atoms with E-state index < -0.39 is 0 Å². The van der Waals surface area contributed by atoms with Gasteiger partial charge in [-0.3, -0.25) is 9.59 Å². The second-order valence-corrected chi connectivity index (χ2v) is 7.17. The van der Waals surface area contributed by atoms with Gasteiger partial charge in [-0.15, -0.1) is 0 Å². The summed E-state index contributed by atoms with van der Waals surface area (Å²) in [7, 11) is 0. The summed E-state index contributed by atoms with van der Waals surface area (Å²) in [4.78, 5) is 23.8. The number of unbranched alkanes of at least 4 members (excludes halogenated alkanes) is 4. The summed E-state index contributed by atoms with van der Waals surface area (Å²) in [6.45, 7) is 4.84. The first-order chi connectivity index (χ1) is 14.6. The number of ether oxygens (including phenoxy) is 1. The second kappa shape index (κ2) is 13.2. The Kier molecular flexibility index (Phi) is 10.3. The van der Waals surface area contributed by atoms with E-state index >= 15 is 0 Å². The molecule has 2 rings (SSSR count). The maximum Gasteiger partial charge on any atom is 0.243 e. The van der Waals surface area contributed by atoms with Crippen LogP contribution in [0, 0.1) is 0 Å². The van der Waals surface area contributed by atoms with Crippen LogP contribution in [-0.2, 0) is 9.59 Å². The Morgan fingerprint density at radius 2 is 1.47 bits per heavy atom. The first kappa shape index (κ1) is 23.3. The van der Waals surface area contributed by atoms with Gasteiger partial charge in [0.05, 0.1) is 13.2 Å². The minimum absolute atomic E-state index is 0.0665. The van der Waals surface area contributed by atoms with Crippen LogP contribution < -0.4 is 20.7 Å². The quantitative estimate of drug-likeness (QED) is 0.384. The molecule has 2 aromatic carbocycles. The number of carbonyl (C=O) groups is 2. The van der Waals surface area contributed by atoms with Gasteiger partial charge in [0.25, 0.3) is 0 Å². The van der Waals surface area contributed by atoms with Crippen LogP contribution in [0.15, 0.2) is 48.5 Å². The molecule has 3 N–H and O–H groups in total. The minimum Gasteiger partial charge on any atom is -0.494 e. The van der Waals surface area contributed by atoms with Crippen molar-refractivity contribution in [1.82, 2.24) is 0 Å². The van der Waals surface area contributed by atoms with Crippen molar-refractivity contribution in [3.8, 4) is 5.75 Å². The van der Waals surface area contributed by atoms with Crippen molar-refractivity contribution in [2.24, 2.45) is 0 Å². The number of anilines is 3. The molecule has 0 aliphatic rings. The molecular weight excluding hydrogens is 378 g/mol. The predicted octanol–water partition coefficient (Wildman–Crippen LogP) is 5.43. The molecule has 6 nitrogen and oxygen atoms in total. The minimum atomic E-state index is -0.170. The van der Waals surface area contributed by atoms with E-state index in [1.54, 1.807) is 31.2 Å². The first-order valence-electron chi connectivity index (χ1n) is 10.8. The lowest BCUT2D eigenvalue weighted by atomic mass is 10.2. The van der Waals surface area contributed by atoms with Gasteiger partial charge < -0.3 is 20.7 Å². The SMILES string of the molecule is CCCCCCCOc1cccc(NCC(=O)Nc2cccc(NC(=O)CC)c2)c1. The predicted molar refractivity (Wildman–Crippen MR) is 123 cm³/mol. The number of benzene rings is 2. The van der Waals surface area contributed by atoms with Crippen molar-refractivity contribution in [1.29, 1.82) is 0 Å². The summed E-state index contributed by atoms with van der Waals surface area (Å²) in [6.07, 6.45) is 6.42. The van der Waals surface area contributed by atoms with Crippen LogP contribution in [0.3, 0.4) is 0 Å². The molecule has 30 heavy (non-hydrogen) atoms. The maximum absolute atomic E-state index is 12.3. The number of hydrogen-bond donors (Lipinski definition) is 3. The summed E-state index contributed by atoms with van der Waals surface area (Å²) < 4.78 is 5.81. The van der Waals surface area contributed by atoms with Crippen LogP contribution in [-0.4, -0.2) is 25.0 Å². The van der Waals surface area contributed by atoms with Crippen LogP contribution in [0.2, 0.25) is 0 Å². The van der Waals surface area contributed by atoms with Gasteiger partial charge in [-0.1, -0.05) is 51.7 Å². The lowest BCUT2D eigenvalue weighted by Gasteiger charge is -2.11. The summed E-state index contributed by atoms with van der Waals surface area (Å²) in [5.41, 5.74) is 2.13. The highest BCUT2D eigenvalue weighted by Gasteiger charge is 2.05. The molecule has 0 saturated carbocycles. The molecule has 2 aromatic rings. The Labute approximate surface area is 179 Å². The topological polar surface area (TPSA) is 79.5 Å². The summed E-state index contributed by atoms with van der Waals surface area (Å²) >= 11 is 0. The molecule has 0 heterocycles. The van der Waals surface area contributed by atoms with Crippen molar-refractivity contribution in [3.63, 3.8) is 0 Å². The van der Waals surface area contributed by atoms with Crippen molar-refractivity contribution in [2.75, 3.05) is 29.1 Å². The fourth-order valence-corrected chi connectivity index (χ4v) is 2.90. The molecular formula is C24H33N3O3. The van der Waals surface area contributed by atoms with E-state index in [-0.39, 0.29) is 18.4 Å². The van der Waals surface area contributed by atoms with Crippen LogP contribution in [0.4, 0.5) is 17.1 Å². The van der Waals surface area contributed by atoms with Crippen LogP contribution >= 0.6 is 0 Å². The summed E-state index contributed by atoms with van der Waals surface area (Å²) in [5.74, 6) is 0.565. The van der Waals surface area contributed by atoms with Gasteiger partial charge in [0.1, 0.15) is 5.75 Å². The van der Waals surface area contributed by atoms with Gasteiger partial charge in [-0.25, -0.2) is 0 Å². The van der Waals surface area contributed by atoms with E-state index in [2.05, 4.69) is 22.9 Å². The molecule has 0 bridgehead atoms. The average molecular weight is 412 g/mol. The highest BCUT2D eigenvalue weighted by atomic mass is 16.5. The molecule has 0 radical (unpaired) electrons. The van der Waals surface area contributed by atoms with E-state index in [1.165, 1.54) is 25.7 Å². The first-order valence-corrected chi connectivity index (χ1v) is 10.8. The third-order valence-electron chi connectivity index (χ3n) is 4.55. The Balaban J connectivity index is 1.76. The Hall–Kier alpha value is -3.02. The van der Waals surface area contributed by atoms with Gasteiger partial charge in [0, 0.05) is 29.5 Å². The standard InChI is InChI=1S/C24H33N3O3/c1-3-5-6-7-8-15-30-22-14-10-11-19(17-22)25-18-24(29)27-21-13-9-12-20(16-21)26-23(28)4-2/h9-14,16-17,25H,3-8,15,18H2,1-2H3,(H,26,28)(H,27,29). The third-order valence-corrected chi connectivity index (χ3v) is 4.55. The average Bonchev–Trinajstić information content (AvgIpc) is 2.75. The number of carbonyl (C=O) groups excluding carboxylic acids is 2. The molecule has 0 aliphatic carbocycles. The number of amides is 2. The van der Waals surface area contributed by atoms with Gasteiger partial charge >= 0.3 is 0 Å². The van der Waals surface area contributed by atoms with E-state index in [1.807, 2.05) is 24.3 Å². The Morgan fingerprint density at radius 1 is 0.800 bits per heavy atom. The van der Waals surface area contributed by atoms with Gasteiger partial charge in [-0.2, -0.15) is 0 Å². The third kappa shape index (κ3) is 8.99. The van der Waals surface area contributed by atoms with Crippen LogP contribution in [0.5, 0.6) is 5.75 Å². The lowest BCUT2D eigenvalue weighted by molar-refractivity contribution is -0.116. The zero-order valence-electron chi connectivity index (χ0n) is 18.0. The molecule has 0 atom stereocenters. The molecule has 0 spiro atoms. The van der Waals surface area contributed by atoms with Crippen molar-refractivity contribution in [3.05, 3.63) is 48.5 Å². The molecule has 162 valence electrons. The van der Waals surface area contributed by atoms with Crippen molar-refractivity contribution in [2.45, 2.75) is 52.4 Å². The van der Waals surface area contributed by atoms with Gasteiger partial charge in [0.2, 0.25) is 11.8 Å². The molecule has 0 aromatic heterocycles. The van der Waals surface area contributed by atoms with E-state index in [9.17, 15) is 9.59 Å². The summed E-state index contributed by atoms with van der Waals surface area (Å²) in [5, 5.41) is 8.73. The highest BCUT2D eigenvalue weighted by molar-refractivity contribution is 5.95. The molecule has 0 saturated heterocycles. The van der Waals surface area contributed by atoms with Crippen molar-refractivity contribution >= 4 is 28.9 Å². The van der Waals surface area contributed by atoms with Crippen LogP contribution in [0.1, 0.15) is 52.4 Å². The van der Waals surface area contributed by atoms with E-state index in [0.717, 1.165) is 17.9 Å². The zero-order chi connectivity index (χ0) is 21.6. The summed E-state index contributed by atoms with van der Waals surface area (Å²) in [6, 6.07) is 14.7. The van der Waals surface area contributed by atoms with Gasteiger partial charge in [-0.05, 0) is 36.8 Å². The normalized spacial score (nSPS) is 10.3. The fourth-order valence-electron chi connectivity index (χ4n) is 2.90. The molecule has 0 unspecified atom stereocenters. The molecule has 2 amide bonds. The maximum atomic E-state index is 12.3. The van der Waals surface area contributed by atoms with Crippen molar-refractivity contribution < 1.29 is 14.3 Å². The molecule has 0 fully saturated rings. The van der Waals surface area contributed by atoms with E-state index in [4.69, 9.17) is 4.74 Å². The monoisotopic (exact) mass is 411 g/mol. The Bertz CT molecular complexity index is 808. The smallest absolute Gasteiger partial charge is 0.243 e. The molecule has 0 aliphatic heterocycles. The van der Waals surface area contributed by atoms with Crippen LogP contribution in [0.25, 0.3) is 0 Å². The highest BCUT2D eigenvalue weighted by Crippen LogP contribution is 2.18. The lowest BCUT2D eigenvalue weighted by Crippen LogP contribution is -2.21. The second-order valence-electron chi connectivity index (χ2n) is 7.17. The molecule has 6 heteroatoms. The number of nitrogens with one attached hydrogen (secondary N) is 3. The van der Waals surface area contributed by atoms with E-state index in [0.29, 0.717) is 24.4 Å².